The number of H-pyrrole nitrogens is 1. The van der Waals surface area contributed by atoms with E-state index >= 15 is 0 Å². The molecule has 3 aromatic carbocycles. The highest BCUT2D eigenvalue weighted by molar-refractivity contribution is 6.36. The first-order valence-electron chi connectivity index (χ1n) is 12.8. The quantitative estimate of drug-likeness (QED) is 0.328. The van der Waals surface area contributed by atoms with Gasteiger partial charge in [-0.05, 0) is 73.1 Å². The minimum Gasteiger partial charge on any atom is -0.366 e. The molecule has 0 fully saturated rings. The van der Waals surface area contributed by atoms with Gasteiger partial charge in [0.15, 0.2) is 0 Å². The molecule has 1 atom stereocenters. The van der Waals surface area contributed by atoms with Crippen molar-refractivity contribution in [2.75, 3.05) is 0 Å². The maximum absolute atomic E-state index is 14.6. The Balaban J connectivity index is 1.68. The molecule has 2 aromatic heterocycles. The van der Waals surface area contributed by atoms with Crippen molar-refractivity contribution in [2.45, 2.75) is 33.1 Å². The highest BCUT2D eigenvalue weighted by atomic mass is 35.5. The number of amides is 1. The van der Waals surface area contributed by atoms with E-state index in [0.29, 0.717) is 44.4 Å². The van der Waals surface area contributed by atoms with E-state index in [1.807, 2.05) is 13.0 Å². The zero-order valence-corrected chi connectivity index (χ0v) is 22.4. The summed E-state index contributed by atoms with van der Waals surface area (Å²) in [7, 11) is 1.44. The second kappa shape index (κ2) is 8.95. The number of nitrogens with two attached hydrogens (primary N) is 1. The number of primary amides is 1. The highest BCUT2D eigenvalue weighted by Crippen LogP contribution is 2.44. The molecule has 3 N–H and O–H groups in total. The monoisotopic (exact) mass is 544 g/mol. The van der Waals surface area contributed by atoms with Crippen molar-refractivity contribution in [2.24, 2.45) is 18.7 Å². The summed E-state index contributed by atoms with van der Waals surface area (Å²) in [6.45, 7) is 4.01. The number of carbonyl (C=O) groups is 1. The lowest BCUT2D eigenvalue weighted by Crippen LogP contribution is -2.38. The molecule has 5 aromatic rings. The zero-order valence-electron chi connectivity index (χ0n) is 21.7. The Morgan fingerprint density at radius 2 is 1.92 bits per heavy atom. The summed E-state index contributed by atoms with van der Waals surface area (Å²) < 4.78 is 16.8. The molecule has 0 aliphatic heterocycles. The van der Waals surface area contributed by atoms with Crippen LogP contribution in [0.25, 0.3) is 38.6 Å². The van der Waals surface area contributed by atoms with Gasteiger partial charge in [-0.15, -0.1) is 0 Å². The third-order valence-corrected chi connectivity index (χ3v) is 8.27. The molecule has 1 aliphatic carbocycles. The molecular weight excluding hydrogens is 519 g/mol. The van der Waals surface area contributed by atoms with Crippen LogP contribution in [0.1, 0.15) is 40.5 Å². The number of benzene rings is 3. The van der Waals surface area contributed by atoms with Gasteiger partial charge < -0.3 is 10.7 Å². The maximum Gasteiger partial charge on any atom is 0.335 e. The van der Waals surface area contributed by atoms with E-state index in [0.717, 1.165) is 45.0 Å². The molecule has 0 radical (unpaired) electrons. The average molecular weight is 545 g/mol. The van der Waals surface area contributed by atoms with Gasteiger partial charge in [0.1, 0.15) is 5.82 Å². The van der Waals surface area contributed by atoms with Crippen molar-refractivity contribution >= 4 is 39.3 Å². The molecule has 0 unspecified atom stereocenters. The van der Waals surface area contributed by atoms with Gasteiger partial charge in [0.25, 0.3) is 11.5 Å². The lowest BCUT2D eigenvalue weighted by atomic mass is 9.85. The van der Waals surface area contributed by atoms with Gasteiger partial charge in [-0.2, -0.15) is 0 Å². The number of nitrogens with one attached hydrogen (secondary N) is 1. The summed E-state index contributed by atoms with van der Waals surface area (Å²) in [5, 5.41) is 1.28. The van der Waals surface area contributed by atoms with Gasteiger partial charge >= 0.3 is 5.69 Å². The van der Waals surface area contributed by atoms with Crippen LogP contribution in [0.3, 0.4) is 0 Å². The fraction of sp³-hybridized carbons (Fsp3) is 0.233. The molecular formula is C30H26ClFN4O3. The Kier molecular flexibility index (Phi) is 5.77. The van der Waals surface area contributed by atoms with Crippen LogP contribution in [-0.2, 0) is 19.9 Å². The molecule has 0 saturated carbocycles. The van der Waals surface area contributed by atoms with E-state index in [1.165, 1.54) is 25.2 Å². The number of carbonyl (C=O) groups excluding carboxylic acids is 1. The summed E-state index contributed by atoms with van der Waals surface area (Å²) in [5.41, 5.74) is 9.97. The summed E-state index contributed by atoms with van der Waals surface area (Å²) >= 11 is 6.87. The molecule has 6 rings (SSSR count). The standard InChI is InChI=1S/C30H26ClFN4O3/c1-14-10-11-17-22(12-14)34-26-19(28(33)37)13-20(31)24(25(17)26)16-6-5-9-23(15(16)2)36-29(38)18-7-4-8-21(32)27(18)35(3)30(36)39/h4-9,13-14,34H,10-12H2,1-3H3,(H2,33,37)/t14-/m0/s1. The number of halogens is 2. The first kappa shape index (κ1) is 25.1. The van der Waals surface area contributed by atoms with Crippen LogP contribution in [-0.4, -0.2) is 20.0 Å². The minimum absolute atomic E-state index is 0.0440. The van der Waals surface area contributed by atoms with Crippen LogP contribution >= 0.6 is 11.6 Å². The number of nitrogens with zero attached hydrogens (tertiary/aromatic N) is 2. The molecule has 7 nitrogen and oxygen atoms in total. The van der Waals surface area contributed by atoms with Crippen LogP contribution in [0.2, 0.25) is 5.02 Å². The van der Waals surface area contributed by atoms with Gasteiger partial charge in [-0.25, -0.2) is 13.8 Å². The number of rotatable bonds is 3. The third kappa shape index (κ3) is 3.66. The minimum atomic E-state index is -0.661. The zero-order chi connectivity index (χ0) is 27.7. The molecule has 198 valence electrons. The summed E-state index contributed by atoms with van der Waals surface area (Å²) in [4.78, 5) is 42.8. The van der Waals surface area contributed by atoms with E-state index in [9.17, 15) is 18.8 Å². The molecule has 2 heterocycles. The average Bonchev–Trinajstić information content (AvgIpc) is 3.26. The normalized spacial score (nSPS) is 15.2. The van der Waals surface area contributed by atoms with E-state index in [1.54, 1.807) is 18.2 Å². The molecule has 0 spiro atoms. The fourth-order valence-corrected chi connectivity index (χ4v) is 6.34. The van der Waals surface area contributed by atoms with Crippen molar-refractivity contribution in [3.63, 3.8) is 0 Å². The third-order valence-electron chi connectivity index (χ3n) is 7.98. The van der Waals surface area contributed by atoms with Crippen LogP contribution in [0.15, 0.2) is 52.1 Å². The van der Waals surface area contributed by atoms with Crippen LogP contribution in [0, 0.1) is 18.7 Å². The summed E-state index contributed by atoms with van der Waals surface area (Å²) in [6.07, 6.45) is 2.66. The topological polar surface area (TPSA) is 103 Å². The number of hydrogen-bond donors (Lipinski definition) is 2. The second-order valence-corrected chi connectivity index (χ2v) is 10.8. The molecule has 0 bridgehead atoms. The van der Waals surface area contributed by atoms with Crippen LogP contribution in [0.4, 0.5) is 4.39 Å². The predicted octanol–water partition coefficient (Wildman–Crippen LogP) is 5.16. The SMILES string of the molecule is Cc1c(-c2c(Cl)cc(C(N)=O)c3[nH]c4c(c23)CC[C@H](C)C4)cccc1-n1c(=O)c2cccc(F)c2n(C)c1=O. The Morgan fingerprint density at radius 1 is 1.18 bits per heavy atom. The van der Waals surface area contributed by atoms with Crippen molar-refractivity contribution in [3.8, 4) is 16.8 Å². The summed E-state index contributed by atoms with van der Waals surface area (Å²) in [5.74, 6) is -0.728. The summed E-state index contributed by atoms with van der Waals surface area (Å²) in [6, 6.07) is 11.1. The Bertz CT molecular complexity index is 1990. The molecule has 1 aliphatic rings. The second-order valence-electron chi connectivity index (χ2n) is 10.4. The molecule has 39 heavy (non-hydrogen) atoms. The van der Waals surface area contributed by atoms with Crippen molar-refractivity contribution < 1.29 is 9.18 Å². The van der Waals surface area contributed by atoms with Gasteiger partial charge in [0.05, 0.1) is 27.7 Å². The van der Waals surface area contributed by atoms with Crippen LogP contribution < -0.4 is 17.0 Å². The van der Waals surface area contributed by atoms with E-state index in [2.05, 4.69) is 11.9 Å². The largest absolute Gasteiger partial charge is 0.366 e. The highest BCUT2D eigenvalue weighted by Gasteiger charge is 2.27. The molecule has 1 amide bonds. The molecule has 9 heteroatoms. The smallest absolute Gasteiger partial charge is 0.335 e. The number of aryl methyl sites for hydroxylation is 2. The Labute approximate surface area is 227 Å². The van der Waals surface area contributed by atoms with E-state index in [-0.39, 0.29) is 10.9 Å². The van der Waals surface area contributed by atoms with E-state index < -0.39 is 23.0 Å². The van der Waals surface area contributed by atoms with Gasteiger partial charge in [0, 0.05) is 28.7 Å². The lowest BCUT2D eigenvalue weighted by molar-refractivity contribution is 0.100. The van der Waals surface area contributed by atoms with Gasteiger partial charge in [-0.1, -0.05) is 36.7 Å². The fourth-order valence-electron chi connectivity index (χ4n) is 6.04. The van der Waals surface area contributed by atoms with Crippen molar-refractivity contribution in [3.05, 3.63) is 96.5 Å². The van der Waals surface area contributed by atoms with Gasteiger partial charge in [-0.3, -0.25) is 14.2 Å². The van der Waals surface area contributed by atoms with Crippen LogP contribution in [0.5, 0.6) is 0 Å². The van der Waals surface area contributed by atoms with Crippen molar-refractivity contribution in [1.82, 2.24) is 14.1 Å². The van der Waals surface area contributed by atoms with Gasteiger partial charge in [0.2, 0.25) is 0 Å². The lowest BCUT2D eigenvalue weighted by Gasteiger charge is -2.20. The number of hydrogen-bond acceptors (Lipinski definition) is 3. The number of fused-ring (bicyclic) bond motifs is 4. The first-order valence-corrected chi connectivity index (χ1v) is 13.1. The predicted molar refractivity (Wildman–Crippen MR) is 151 cm³/mol. The first-order chi connectivity index (χ1) is 18.6. The maximum atomic E-state index is 14.6. The Morgan fingerprint density at radius 3 is 2.67 bits per heavy atom. The molecule has 0 saturated heterocycles. The number of para-hydroxylation sites is 1. The van der Waals surface area contributed by atoms with E-state index in [4.69, 9.17) is 17.3 Å². The Hall–Kier alpha value is -4.17. The number of aromatic nitrogens is 3. The number of aromatic amines is 1. The van der Waals surface area contributed by atoms with Crippen molar-refractivity contribution in [1.29, 1.82) is 0 Å².